The summed E-state index contributed by atoms with van der Waals surface area (Å²) < 4.78 is 29.4. The molecule has 0 atom stereocenters. The molecule has 0 saturated carbocycles. The van der Waals surface area contributed by atoms with Crippen molar-refractivity contribution in [2.24, 2.45) is 0 Å². The van der Waals surface area contributed by atoms with Crippen LogP contribution in [0.1, 0.15) is 18.4 Å². The van der Waals surface area contributed by atoms with E-state index in [0.717, 1.165) is 0 Å². The van der Waals surface area contributed by atoms with E-state index in [1.165, 1.54) is 30.6 Å². The number of nitriles is 1. The van der Waals surface area contributed by atoms with Gasteiger partial charge in [-0.25, -0.2) is 8.42 Å². The van der Waals surface area contributed by atoms with Crippen molar-refractivity contribution in [3.05, 3.63) is 41.3 Å². The lowest BCUT2D eigenvalue weighted by Crippen LogP contribution is -2.14. The quantitative estimate of drug-likeness (QED) is 0.815. The minimum absolute atomic E-state index is 0.0676. The highest BCUT2D eigenvalue weighted by atomic mass is 32.2. The molecule has 0 saturated heterocycles. The fraction of sp³-hybridized carbons (Fsp3) is 0.250. The van der Waals surface area contributed by atoms with E-state index in [4.69, 9.17) is 10.00 Å². The summed E-state index contributed by atoms with van der Waals surface area (Å²) in [5.41, 5.74) is 0.402. The number of benzene rings is 1. The minimum Gasteiger partial charge on any atom is -0.497 e. The Morgan fingerprint density at radius 1 is 1.29 bits per heavy atom. The molecule has 0 aliphatic rings. The maximum atomic E-state index is 12.2. The molecule has 8 heteroatoms. The lowest BCUT2D eigenvalue weighted by Gasteiger charge is -2.06. The molecule has 1 N–H and O–H groups in total. The molecule has 1 aromatic heterocycles. The zero-order chi connectivity index (χ0) is 17.6. The molecule has 1 amide bonds. The number of carbonyl (C=O) groups excluding carboxylic acids is 1. The van der Waals surface area contributed by atoms with Gasteiger partial charge in [-0.3, -0.25) is 4.79 Å². The van der Waals surface area contributed by atoms with E-state index in [1.807, 2.05) is 6.07 Å². The number of anilines is 1. The van der Waals surface area contributed by atoms with Crippen LogP contribution in [0.4, 0.5) is 5.00 Å². The minimum atomic E-state index is -3.44. The van der Waals surface area contributed by atoms with Crippen molar-refractivity contribution >= 4 is 32.1 Å². The first-order valence-corrected chi connectivity index (χ1v) is 9.63. The van der Waals surface area contributed by atoms with Gasteiger partial charge in [-0.05, 0) is 42.1 Å². The molecule has 24 heavy (non-hydrogen) atoms. The number of hydrogen-bond acceptors (Lipinski definition) is 6. The van der Waals surface area contributed by atoms with E-state index >= 15 is 0 Å². The Morgan fingerprint density at radius 2 is 2.00 bits per heavy atom. The van der Waals surface area contributed by atoms with E-state index in [0.29, 0.717) is 16.3 Å². The molecular formula is C16H16N2O4S2. The van der Waals surface area contributed by atoms with Gasteiger partial charge in [-0.1, -0.05) is 0 Å². The van der Waals surface area contributed by atoms with Gasteiger partial charge in [0.25, 0.3) is 0 Å². The zero-order valence-electron chi connectivity index (χ0n) is 13.0. The topological polar surface area (TPSA) is 96.3 Å². The lowest BCUT2D eigenvalue weighted by atomic mass is 10.3. The van der Waals surface area contributed by atoms with Gasteiger partial charge in [-0.2, -0.15) is 5.26 Å². The van der Waals surface area contributed by atoms with Crippen LogP contribution in [-0.4, -0.2) is 27.2 Å². The van der Waals surface area contributed by atoms with Crippen LogP contribution in [-0.2, 0) is 14.6 Å². The molecule has 6 nitrogen and oxygen atoms in total. The normalized spacial score (nSPS) is 10.8. The summed E-state index contributed by atoms with van der Waals surface area (Å²) in [6.07, 6.45) is 0.269. The first kappa shape index (κ1) is 18.0. The van der Waals surface area contributed by atoms with Gasteiger partial charge in [-0.15, -0.1) is 11.3 Å². The van der Waals surface area contributed by atoms with Crippen molar-refractivity contribution in [1.82, 2.24) is 0 Å². The van der Waals surface area contributed by atoms with Crippen molar-refractivity contribution in [1.29, 1.82) is 5.26 Å². The molecule has 0 unspecified atom stereocenters. The third-order valence-electron chi connectivity index (χ3n) is 3.27. The van der Waals surface area contributed by atoms with E-state index in [9.17, 15) is 13.2 Å². The highest BCUT2D eigenvalue weighted by Gasteiger charge is 2.15. The molecule has 0 bridgehead atoms. The summed E-state index contributed by atoms with van der Waals surface area (Å²) in [5.74, 6) is 0.152. The van der Waals surface area contributed by atoms with Gasteiger partial charge < -0.3 is 10.1 Å². The van der Waals surface area contributed by atoms with Gasteiger partial charge in [0.05, 0.1) is 23.3 Å². The molecule has 2 aromatic rings. The van der Waals surface area contributed by atoms with Crippen LogP contribution in [0, 0.1) is 11.3 Å². The molecule has 0 aliphatic carbocycles. The Bertz CT molecular complexity index is 849. The smallest absolute Gasteiger partial charge is 0.225 e. The van der Waals surface area contributed by atoms with Gasteiger partial charge in [0.1, 0.15) is 16.8 Å². The summed E-state index contributed by atoms with van der Waals surface area (Å²) in [5, 5.41) is 13.7. The van der Waals surface area contributed by atoms with Crippen LogP contribution < -0.4 is 10.1 Å². The largest absolute Gasteiger partial charge is 0.497 e. The molecule has 126 valence electrons. The number of ether oxygens (including phenoxy) is 1. The number of sulfone groups is 1. The van der Waals surface area contributed by atoms with Crippen LogP contribution in [0.2, 0.25) is 0 Å². The number of methoxy groups -OCH3 is 1. The Morgan fingerprint density at radius 3 is 2.62 bits per heavy atom. The number of thiophene rings is 1. The number of nitrogens with zero attached hydrogens (tertiary/aromatic N) is 1. The summed E-state index contributed by atoms with van der Waals surface area (Å²) in [6, 6.07) is 9.74. The molecule has 2 rings (SSSR count). The third-order valence-corrected chi connectivity index (χ3v) is 5.92. The van der Waals surface area contributed by atoms with Crippen molar-refractivity contribution in [2.75, 3.05) is 18.2 Å². The summed E-state index contributed by atoms with van der Waals surface area (Å²) in [6.45, 7) is 0. The maximum absolute atomic E-state index is 12.2. The van der Waals surface area contributed by atoms with Crippen molar-refractivity contribution in [3.63, 3.8) is 0 Å². The maximum Gasteiger partial charge on any atom is 0.225 e. The first-order chi connectivity index (χ1) is 11.5. The van der Waals surface area contributed by atoms with Crippen molar-refractivity contribution < 1.29 is 17.9 Å². The fourth-order valence-corrected chi connectivity index (χ4v) is 4.07. The monoisotopic (exact) mass is 364 g/mol. The highest BCUT2D eigenvalue weighted by Crippen LogP contribution is 2.22. The first-order valence-electron chi connectivity index (χ1n) is 7.10. The van der Waals surface area contributed by atoms with Crippen molar-refractivity contribution in [2.45, 2.75) is 17.7 Å². The average molecular weight is 364 g/mol. The van der Waals surface area contributed by atoms with Crippen LogP contribution in [0.15, 0.2) is 40.6 Å². The predicted molar refractivity (Wildman–Crippen MR) is 91.9 cm³/mol. The molecule has 1 aromatic carbocycles. The summed E-state index contributed by atoms with van der Waals surface area (Å²) in [4.78, 5) is 12.1. The van der Waals surface area contributed by atoms with Crippen molar-refractivity contribution in [3.8, 4) is 11.8 Å². The fourth-order valence-electron chi connectivity index (χ4n) is 2.01. The highest BCUT2D eigenvalue weighted by molar-refractivity contribution is 7.91. The number of carbonyl (C=O) groups is 1. The summed E-state index contributed by atoms with van der Waals surface area (Å²) in [7, 11) is -1.93. The van der Waals surface area contributed by atoms with E-state index in [-0.39, 0.29) is 29.4 Å². The Labute approximate surface area is 144 Å². The molecule has 1 heterocycles. The number of amides is 1. The molecule has 0 aliphatic heterocycles. The Kier molecular flexibility index (Phi) is 5.95. The van der Waals surface area contributed by atoms with Crippen LogP contribution in [0.5, 0.6) is 5.75 Å². The second-order valence-electron chi connectivity index (χ2n) is 4.92. The van der Waals surface area contributed by atoms with E-state index in [2.05, 4.69) is 5.32 Å². The Hall–Kier alpha value is -2.37. The van der Waals surface area contributed by atoms with Crippen LogP contribution in [0.3, 0.4) is 0 Å². The lowest BCUT2D eigenvalue weighted by molar-refractivity contribution is -0.116. The van der Waals surface area contributed by atoms with Gasteiger partial charge >= 0.3 is 0 Å². The SMILES string of the molecule is COc1ccc(S(=O)(=O)CCCC(=O)Nc2sccc2C#N)cc1. The van der Waals surface area contributed by atoms with Gasteiger partial charge in [0, 0.05) is 6.42 Å². The number of hydrogen-bond donors (Lipinski definition) is 1. The molecule has 0 radical (unpaired) electrons. The molecule has 0 fully saturated rings. The van der Waals surface area contributed by atoms with E-state index in [1.54, 1.807) is 23.6 Å². The average Bonchev–Trinajstić information content (AvgIpc) is 3.01. The summed E-state index contributed by atoms with van der Waals surface area (Å²) >= 11 is 1.26. The van der Waals surface area contributed by atoms with Crippen LogP contribution in [0.25, 0.3) is 0 Å². The van der Waals surface area contributed by atoms with E-state index < -0.39 is 9.84 Å². The van der Waals surface area contributed by atoms with Gasteiger partial charge in [0.2, 0.25) is 5.91 Å². The Balaban J connectivity index is 1.88. The number of nitrogens with one attached hydrogen (secondary N) is 1. The number of rotatable bonds is 7. The second-order valence-corrected chi connectivity index (χ2v) is 7.95. The predicted octanol–water partition coefficient (Wildman–Crippen LogP) is 2.82. The third kappa shape index (κ3) is 4.57. The second kappa shape index (κ2) is 7.95. The zero-order valence-corrected chi connectivity index (χ0v) is 14.6. The molecular weight excluding hydrogens is 348 g/mol. The van der Waals surface area contributed by atoms with Crippen LogP contribution >= 0.6 is 11.3 Å². The standard InChI is InChI=1S/C16H16N2O4S2/c1-22-13-4-6-14(7-5-13)24(20,21)10-2-3-15(19)18-16-12(11-17)8-9-23-16/h4-9H,2-3,10H2,1H3,(H,18,19). The van der Waals surface area contributed by atoms with Gasteiger partial charge in [0.15, 0.2) is 9.84 Å². The molecule has 0 spiro atoms.